The third-order valence-electron chi connectivity index (χ3n) is 3.72. The first-order valence-electron chi connectivity index (χ1n) is 7.01. The lowest BCUT2D eigenvalue weighted by molar-refractivity contribution is 0.575. The zero-order valence-electron chi connectivity index (χ0n) is 11.7. The molecule has 0 amide bonds. The highest BCUT2D eigenvalue weighted by Crippen LogP contribution is 2.25. The maximum atomic E-state index is 4.82. The molecule has 1 aliphatic rings. The van der Waals surface area contributed by atoms with E-state index in [1.807, 2.05) is 29.6 Å². The van der Waals surface area contributed by atoms with Gasteiger partial charge in [-0.05, 0) is 25.1 Å². The Bertz CT molecular complexity index is 821. The van der Waals surface area contributed by atoms with Gasteiger partial charge in [0.1, 0.15) is 5.82 Å². The summed E-state index contributed by atoms with van der Waals surface area (Å²) in [5.41, 5.74) is 1.82. The third-order valence-corrected chi connectivity index (χ3v) is 4.22. The summed E-state index contributed by atoms with van der Waals surface area (Å²) in [6, 6.07) is 6.08. The zero-order chi connectivity index (χ0) is 14.4. The highest BCUT2D eigenvalue weighted by molar-refractivity contribution is 9.10. The molecule has 1 N–H and O–H groups in total. The number of hydrogen-bond donors (Lipinski definition) is 1. The van der Waals surface area contributed by atoms with Crippen LogP contribution in [0.2, 0.25) is 0 Å². The van der Waals surface area contributed by atoms with E-state index in [2.05, 4.69) is 36.2 Å². The summed E-state index contributed by atoms with van der Waals surface area (Å²) >= 11 is 3.52. The summed E-state index contributed by atoms with van der Waals surface area (Å²) < 4.78 is 2.89. The minimum atomic E-state index is 0.764. The van der Waals surface area contributed by atoms with E-state index >= 15 is 0 Å². The van der Waals surface area contributed by atoms with Crippen LogP contribution in [0.3, 0.4) is 0 Å². The summed E-state index contributed by atoms with van der Waals surface area (Å²) in [6.07, 6.45) is 0. The number of anilines is 1. The first-order chi connectivity index (χ1) is 10.2. The van der Waals surface area contributed by atoms with E-state index in [9.17, 15) is 0 Å². The van der Waals surface area contributed by atoms with Crippen LogP contribution in [-0.2, 0) is 0 Å². The van der Waals surface area contributed by atoms with Gasteiger partial charge in [0, 0.05) is 36.0 Å². The Morgan fingerprint density at radius 1 is 1.19 bits per heavy atom. The molecule has 1 saturated heterocycles. The first-order valence-corrected chi connectivity index (χ1v) is 7.80. The molecule has 0 bridgehead atoms. The molecule has 7 heteroatoms. The fraction of sp³-hybridized carbons (Fsp3) is 0.357. The molecule has 0 radical (unpaired) electrons. The van der Waals surface area contributed by atoms with Gasteiger partial charge < -0.3 is 10.2 Å². The largest absolute Gasteiger partial charge is 0.338 e. The Morgan fingerprint density at radius 3 is 2.81 bits per heavy atom. The van der Waals surface area contributed by atoms with E-state index in [1.165, 1.54) is 0 Å². The zero-order valence-corrected chi connectivity index (χ0v) is 13.3. The van der Waals surface area contributed by atoms with Gasteiger partial charge >= 0.3 is 0 Å². The molecule has 6 nitrogen and oxygen atoms in total. The van der Waals surface area contributed by atoms with Crippen LogP contribution >= 0.6 is 15.9 Å². The Balaban J connectivity index is 2.02. The van der Waals surface area contributed by atoms with Crippen molar-refractivity contribution in [2.24, 2.45) is 0 Å². The Hall–Kier alpha value is -1.73. The maximum Gasteiger partial charge on any atom is 0.229 e. The van der Waals surface area contributed by atoms with Crippen LogP contribution in [0.5, 0.6) is 0 Å². The number of aromatic nitrogens is 4. The maximum absolute atomic E-state index is 4.82. The topological polar surface area (TPSA) is 58.4 Å². The van der Waals surface area contributed by atoms with E-state index in [0.29, 0.717) is 0 Å². The Labute approximate surface area is 130 Å². The Morgan fingerprint density at radius 2 is 2.00 bits per heavy atom. The smallest absolute Gasteiger partial charge is 0.229 e. The average Bonchev–Trinajstić information content (AvgIpc) is 2.89. The third kappa shape index (κ3) is 2.16. The van der Waals surface area contributed by atoms with Gasteiger partial charge in [0.05, 0.1) is 5.52 Å². The fourth-order valence-corrected chi connectivity index (χ4v) is 3.10. The second kappa shape index (κ2) is 4.92. The van der Waals surface area contributed by atoms with Crippen LogP contribution in [0, 0.1) is 6.92 Å². The number of nitrogens with zero attached hydrogens (tertiary/aromatic N) is 5. The van der Waals surface area contributed by atoms with E-state index in [4.69, 9.17) is 4.98 Å². The van der Waals surface area contributed by atoms with Crippen LogP contribution in [0.4, 0.5) is 5.95 Å². The molecule has 1 aromatic carbocycles. The lowest BCUT2D eigenvalue weighted by Gasteiger charge is -2.28. The molecule has 108 valence electrons. The molecule has 0 atom stereocenters. The number of fused-ring (bicyclic) bond motifs is 3. The summed E-state index contributed by atoms with van der Waals surface area (Å²) in [7, 11) is 0. The second-order valence-electron chi connectivity index (χ2n) is 5.20. The van der Waals surface area contributed by atoms with E-state index in [0.717, 1.165) is 59.0 Å². The van der Waals surface area contributed by atoms with Gasteiger partial charge in [-0.25, -0.2) is 9.97 Å². The molecule has 3 heterocycles. The highest BCUT2D eigenvalue weighted by Gasteiger charge is 2.19. The van der Waals surface area contributed by atoms with Crippen LogP contribution in [-0.4, -0.2) is 45.8 Å². The molecule has 0 unspecified atom stereocenters. The number of aryl methyl sites for hydroxylation is 1. The summed E-state index contributed by atoms with van der Waals surface area (Å²) in [6.45, 7) is 5.72. The van der Waals surface area contributed by atoms with Crippen LogP contribution in [0.25, 0.3) is 16.6 Å². The minimum Gasteiger partial charge on any atom is -0.338 e. The number of piperazine rings is 1. The van der Waals surface area contributed by atoms with Gasteiger partial charge in [-0.15, -0.1) is 5.10 Å². The molecule has 2 aromatic heterocycles. The first kappa shape index (κ1) is 13.0. The van der Waals surface area contributed by atoms with Crippen molar-refractivity contribution >= 4 is 38.4 Å². The Kier molecular flexibility index (Phi) is 3.04. The van der Waals surface area contributed by atoms with Crippen molar-refractivity contribution in [2.75, 3.05) is 31.1 Å². The number of hydrogen-bond acceptors (Lipinski definition) is 5. The SMILES string of the molecule is Cc1nc2c3cc(Br)ccc3nc(N3CCNCC3)n2n1. The van der Waals surface area contributed by atoms with Gasteiger partial charge in [0.15, 0.2) is 5.65 Å². The fourth-order valence-electron chi connectivity index (χ4n) is 2.74. The molecule has 3 aromatic rings. The molecule has 1 aliphatic heterocycles. The lowest BCUT2D eigenvalue weighted by atomic mass is 10.2. The van der Waals surface area contributed by atoms with E-state index < -0.39 is 0 Å². The monoisotopic (exact) mass is 346 g/mol. The van der Waals surface area contributed by atoms with Crippen molar-refractivity contribution in [3.8, 4) is 0 Å². The van der Waals surface area contributed by atoms with Gasteiger partial charge in [-0.3, -0.25) is 0 Å². The molecule has 0 spiro atoms. The van der Waals surface area contributed by atoms with Gasteiger partial charge in [-0.1, -0.05) is 15.9 Å². The normalized spacial score (nSPS) is 16.0. The molecular formula is C14H15BrN6. The van der Waals surface area contributed by atoms with Gasteiger partial charge in [-0.2, -0.15) is 4.52 Å². The van der Waals surface area contributed by atoms with Crippen molar-refractivity contribution in [2.45, 2.75) is 6.92 Å². The van der Waals surface area contributed by atoms with Crippen molar-refractivity contribution in [1.82, 2.24) is 24.9 Å². The standard InChI is InChI=1S/C14H15BrN6/c1-9-17-13-11-8-10(15)2-3-12(11)18-14(21(13)19-9)20-6-4-16-5-7-20/h2-3,8,16H,4-7H2,1H3. The predicted molar refractivity (Wildman–Crippen MR) is 85.8 cm³/mol. The number of rotatable bonds is 1. The quantitative estimate of drug-likeness (QED) is 0.727. The molecular weight excluding hydrogens is 332 g/mol. The van der Waals surface area contributed by atoms with Crippen molar-refractivity contribution < 1.29 is 0 Å². The van der Waals surface area contributed by atoms with Crippen LogP contribution in [0.1, 0.15) is 5.82 Å². The van der Waals surface area contributed by atoms with Gasteiger partial charge in [0.2, 0.25) is 5.95 Å². The number of halogens is 1. The molecule has 4 rings (SSSR count). The molecule has 0 saturated carbocycles. The van der Waals surface area contributed by atoms with Crippen molar-refractivity contribution in [3.63, 3.8) is 0 Å². The molecule has 0 aliphatic carbocycles. The minimum absolute atomic E-state index is 0.764. The molecule has 21 heavy (non-hydrogen) atoms. The van der Waals surface area contributed by atoms with Crippen LogP contribution < -0.4 is 10.2 Å². The number of nitrogens with one attached hydrogen (secondary N) is 1. The van der Waals surface area contributed by atoms with Crippen LogP contribution in [0.15, 0.2) is 22.7 Å². The second-order valence-corrected chi connectivity index (χ2v) is 6.12. The predicted octanol–water partition coefficient (Wildman–Crippen LogP) is 1.76. The number of benzene rings is 1. The van der Waals surface area contributed by atoms with Crippen molar-refractivity contribution in [1.29, 1.82) is 0 Å². The van der Waals surface area contributed by atoms with E-state index in [1.54, 1.807) is 0 Å². The lowest BCUT2D eigenvalue weighted by Crippen LogP contribution is -2.44. The van der Waals surface area contributed by atoms with E-state index in [-0.39, 0.29) is 0 Å². The average molecular weight is 347 g/mol. The highest BCUT2D eigenvalue weighted by atomic mass is 79.9. The van der Waals surface area contributed by atoms with Gasteiger partial charge in [0.25, 0.3) is 0 Å². The van der Waals surface area contributed by atoms with Crippen molar-refractivity contribution in [3.05, 3.63) is 28.5 Å². The summed E-state index contributed by atoms with van der Waals surface area (Å²) in [4.78, 5) is 11.7. The summed E-state index contributed by atoms with van der Waals surface area (Å²) in [5, 5.41) is 8.91. The molecule has 1 fully saturated rings. The summed E-state index contributed by atoms with van der Waals surface area (Å²) in [5.74, 6) is 1.64.